The first-order valence-corrected chi connectivity index (χ1v) is 41.1. The zero-order valence-electron chi connectivity index (χ0n) is 70.0. The number of ether oxygens (including phenoxy) is 3. The molecule has 9 saturated heterocycles. The third-order valence-electron chi connectivity index (χ3n) is 25.7. The lowest BCUT2D eigenvalue weighted by atomic mass is 9.82. The lowest BCUT2D eigenvalue weighted by Gasteiger charge is -2.36. The fourth-order valence-electron chi connectivity index (χ4n) is 13.9. The first-order valence-electron chi connectivity index (χ1n) is 41.1. The maximum Gasteiger partial charge on any atom is 0.0539 e. The van der Waals surface area contributed by atoms with Gasteiger partial charge < -0.3 is 44.0 Å². The highest BCUT2D eigenvalue weighted by molar-refractivity contribution is 4.92. The molecule has 0 aromatic carbocycles. The van der Waals surface area contributed by atoms with Gasteiger partial charge in [-0.1, -0.05) is 232 Å². The van der Waals surface area contributed by atoms with Crippen molar-refractivity contribution in [2.45, 2.75) is 270 Å². The molecular weight excluding hydrogens is 1160 g/mol. The van der Waals surface area contributed by atoms with E-state index in [1.165, 1.54) is 181 Å². The van der Waals surface area contributed by atoms with Crippen LogP contribution in [0.5, 0.6) is 0 Å². The smallest absolute Gasteiger partial charge is 0.0539 e. The minimum absolute atomic E-state index is 0.500. The predicted octanol–water partition coefficient (Wildman–Crippen LogP) is 20.8. The molecule has 20 atom stereocenters. The largest absolute Gasteiger partial charge is 0.381 e. The second-order valence-electron chi connectivity index (χ2n) is 36.9. The van der Waals surface area contributed by atoms with Crippen LogP contribution in [0.4, 0.5) is 0 Å². The van der Waals surface area contributed by atoms with Gasteiger partial charge in [-0.05, 0) is 223 Å². The maximum absolute atomic E-state index is 5.25. The van der Waals surface area contributed by atoms with Crippen LogP contribution < -0.4 is 5.32 Å². The Balaban J connectivity index is 0.000000520. The zero-order valence-corrected chi connectivity index (χ0v) is 70.0. The van der Waals surface area contributed by atoms with Gasteiger partial charge in [-0.2, -0.15) is 0 Å². The van der Waals surface area contributed by atoms with Crippen molar-refractivity contribution in [2.75, 3.05) is 145 Å². The van der Waals surface area contributed by atoms with E-state index in [9.17, 15) is 0 Å². The van der Waals surface area contributed by atoms with E-state index >= 15 is 0 Å². The summed E-state index contributed by atoms with van der Waals surface area (Å²) in [5, 5.41) is 3.32. The van der Waals surface area contributed by atoms with Crippen LogP contribution in [0, 0.1) is 129 Å². The highest BCUT2D eigenvalue weighted by Crippen LogP contribution is 2.43. The molecule has 0 aromatic heterocycles. The molecule has 3 aliphatic carbocycles. The Morgan fingerprint density at radius 3 is 0.926 bits per heavy atom. The van der Waals surface area contributed by atoms with E-state index in [2.05, 4.69) is 237 Å². The standard InChI is InChI=1S/C10H19N.C9H19N.2C8H17N.C8H16.C7H15N.C7H14O.C7H14.C6H13N.C6H12O.C5H10O.C5H10/c1-8(2)11-6-5-9(3)10(4)7-11;1-4-10-6-5-8(2)9(3)7-10;1-7-4-5-9(3)6-8(7)2;1-4-9-5-7(2)8(3)6-9;1-7-5-3-4-6-8(7)2;1-6-4-8(3)5-7(6)2;1-6-3-4-8-5-7(6)2;1-6-4-3-5-7(6)2;2*1-5-3-7-4-6(5)2;1-5(2)3-6-4-5;1-5(2)3-4-5/h9-10H,1,5-7H2,2-4H3;8-9H,4-7H2,1-3H3;2*7-8H,4-6H2,1-3H3;7-8H,3-6H2,1-2H3;6-7H,4-5H2,1-3H3;6-7H,3-5H2,1-2H3;6-7H,3-5H2,1-2H3;5-7H,3-4H2,1-2H3;5-6H,3-4H2,1-2H3;3-4H2,1-2H3;3-4H2,1-2H3. The van der Waals surface area contributed by atoms with Gasteiger partial charge in [0.2, 0.25) is 0 Å². The molecule has 0 aromatic rings. The van der Waals surface area contributed by atoms with E-state index in [0.29, 0.717) is 5.41 Å². The fraction of sp³-hybridized carbons (Fsp3) is 0.977. The summed E-state index contributed by atoms with van der Waals surface area (Å²) in [5.74, 6) is 18.2. The summed E-state index contributed by atoms with van der Waals surface area (Å²) >= 11 is 0. The van der Waals surface area contributed by atoms with Crippen molar-refractivity contribution in [1.29, 1.82) is 0 Å². The van der Waals surface area contributed by atoms with Crippen LogP contribution >= 0.6 is 0 Å². The molecule has 0 radical (unpaired) electrons. The third-order valence-corrected chi connectivity index (χ3v) is 25.7. The molecule has 1 N–H and O–H groups in total. The van der Waals surface area contributed by atoms with E-state index in [0.717, 1.165) is 163 Å². The van der Waals surface area contributed by atoms with E-state index in [4.69, 9.17) is 14.2 Å². The summed E-state index contributed by atoms with van der Waals surface area (Å²) in [6, 6.07) is 0. The molecule has 0 spiro atoms. The highest BCUT2D eigenvalue weighted by Gasteiger charge is 2.31. The summed E-state index contributed by atoms with van der Waals surface area (Å²) in [7, 11) is 4.41. The number of nitrogens with one attached hydrogen (secondary N) is 1. The quantitative estimate of drug-likeness (QED) is 0.298. The van der Waals surface area contributed by atoms with E-state index in [1.807, 2.05) is 0 Å². The van der Waals surface area contributed by atoms with Gasteiger partial charge in [-0.25, -0.2) is 0 Å². The molecule has 9 heteroatoms. The normalized spacial score (nSPS) is 37.6. The number of piperidine rings is 3. The van der Waals surface area contributed by atoms with Crippen molar-refractivity contribution in [3.05, 3.63) is 12.3 Å². The molecule has 95 heavy (non-hydrogen) atoms. The van der Waals surface area contributed by atoms with Gasteiger partial charge >= 0.3 is 0 Å². The van der Waals surface area contributed by atoms with Crippen LogP contribution in [0.1, 0.15) is 270 Å². The Bertz CT molecular complexity index is 1720. The van der Waals surface area contributed by atoms with Gasteiger partial charge in [0.25, 0.3) is 0 Å². The highest BCUT2D eigenvalue weighted by atomic mass is 16.5. The molecule has 9 nitrogen and oxygen atoms in total. The average molecular weight is 1340 g/mol. The van der Waals surface area contributed by atoms with Crippen LogP contribution in [0.25, 0.3) is 0 Å². The third kappa shape index (κ3) is 42.4. The average Bonchev–Trinajstić information content (AvgIpc) is 1.36. The topological polar surface area (TPSA) is 55.9 Å². The predicted molar refractivity (Wildman–Crippen MR) is 422 cm³/mol. The monoisotopic (exact) mass is 1340 g/mol. The summed E-state index contributed by atoms with van der Waals surface area (Å²) in [4.78, 5) is 12.3. The summed E-state index contributed by atoms with van der Waals surface area (Å²) in [6.07, 6.45) is 18.6. The zero-order chi connectivity index (χ0) is 72.2. The minimum Gasteiger partial charge on any atom is -0.381 e. The lowest BCUT2D eigenvalue weighted by molar-refractivity contribution is -0.0892. The Labute approximate surface area is 598 Å². The number of rotatable bonds is 3. The van der Waals surface area contributed by atoms with Crippen molar-refractivity contribution in [1.82, 2.24) is 29.8 Å². The van der Waals surface area contributed by atoms with Crippen molar-refractivity contribution in [2.24, 2.45) is 129 Å². The second kappa shape index (κ2) is 49.8. The van der Waals surface area contributed by atoms with E-state index in [-0.39, 0.29) is 0 Å². The summed E-state index contributed by atoms with van der Waals surface area (Å²) in [5.41, 5.74) is 2.48. The minimum atomic E-state index is 0.500. The molecule has 9 aliphatic heterocycles. The lowest BCUT2D eigenvalue weighted by Crippen LogP contribution is -2.37. The molecule has 0 amide bonds. The SMILES string of the molecule is C=C(C)N1CCC(C)C(C)C1.CC1(C)CC1.CC1(C)COC1.CC1CCCC1C.CC1CCCCC1C.CC1CCN(C)CC1C.CC1CCOCC1C.CC1CN(C)CC1C.CC1CNCC1C.CC1COCC1C.CCN1CC(C)C(C)C1.CCN1CCC(C)C(C)C1. The second-order valence-corrected chi connectivity index (χ2v) is 36.9. The van der Waals surface area contributed by atoms with Crippen LogP contribution in [0.15, 0.2) is 12.3 Å². The molecule has 3 saturated carbocycles. The van der Waals surface area contributed by atoms with Crippen LogP contribution in [-0.2, 0) is 14.2 Å². The summed E-state index contributed by atoms with van der Waals surface area (Å²) < 4.78 is 15.4. The molecule has 12 aliphatic rings. The van der Waals surface area contributed by atoms with Crippen molar-refractivity contribution >= 4 is 0 Å². The Hall–Kier alpha value is -0.780. The van der Waals surface area contributed by atoms with E-state index < -0.39 is 0 Å². The number of nitrogens with zero attached hydrogens (tertiary/aromatic N) is 5. The number of likely N-dealkylation sites (tertiary alicyclic amines) is 5. The number of allylic oxidation sites excluding steroid dienone is 1. The van der Waals surface area contributed by atoms with E-state index in [1.54, 1.807) is 0 Å². The Morgan fingerprint density at radius 1 is 0.358 bits per heavy atom. The number of hydrogen-bond acceptors (Lipinski definition) is 9. The molecule has 12 rings (SSSR count). The van der Waals surface area contributed by atoms with Crippen LogP contribution in [0.3, 0.4) is 0 Å². The van der Waals surface area contributed by atoms with Crippen molar-refractivity contribution < 1.29 is 14.2 Å². The molecule has 9 heterocycles. The molecule has 12 fully saturated rings. The van der Waals surface area contributed by atoms with Gasteiger partial charge in [0.15, 0.2) is 0 Å². The van der Waals surface area contributed by atoms with Crippen molar-refractivity contribution in [3.8, 4) is 0 Å². The van der Waals surface area contributed by atoms with Crippen LogP contribution in [0.2, 0.25) is 0 Å². The molecule has 568 valence electrons. The summed E-state index contributed by atoms with van der Waals surface area (Å²) in [6.45, 7) is 89.7. The maximum atomic E-state index is 5.25. The van der Waals surface area contributed by atoms with Gasteiger partial charge in [-0.3, -0.25) is 0 Å². The van der Waals surface area contributed by atoms with Crippen LogP contribution in [-0.4, -0.2) is 170 Å². The first-order chi connectivity index (χ1) is 44.4. The molecule has 0 bridgehead atoms. The Morgan fingerprint density at radius 2 is 0.684 bits per heavy atom. The number of hydrogen-bond donors (Lipinski definition) is 1. The van der Waals surface area contributed by atoms with Gasteiger partial charge in [-0.15, -0.1) is 0 Å². The Kier molecular flexibility index (Phi) is 48.3. The first kappa shape index (κ1) is 92.2. The molecule has 20 unspecified atom stereocenters. The van der Waals surface area contributed by atoms with Gasteiger partial charge in [0.05, 0.1) is 13.2 Å². The van der Waals surface area contributed by atoms with Crippen molar-refractivity contribution in [3.63, 3.8) is 0 Å². The van der Waals surface area contributed by atoms with Gasteiger partial charge in [0, 0.05) is 89.9 Å². The fourth-order valence-corrected chi connectivity index (χ4v) is 13.9. The van der Waals surface area contributed by atoms with Gasteiger partial charge in [0.1, 0.15) is 0 Å². The molecular formula is C86H176N6O3.